The summed E-state index contributed by atoms with van der Waals surface area (Å²) in [5.41, 5.74) is -1.19. The van der Waals surface area contributed by atoms with E-state index in [1.54, 1.807) is 6.92 Å². The minimum absolute atomic E-state index is 0.191. The van der Waals surface area contributed by atoms with Crippen LogP contribution in [-0.4, -0.2) is 34.4 Å². The quantitative estimate of drug-likeness (QED) is 0.667. The Hall–Kier alpha value is -1.67. The first-order valence-electron chi connectivity index (χ1n) is 5.60. The third-order valence-electron chi connectivity index (χ3n) is 2.57. The van der Waals surface area contributed by atoms with Crippen molar-refractivity contribution in [1.82, 2.24) is 5.32 Å². The highest BCUT2D eigenvalue weighted by Gasteiger charge is 2.30. The van der Waals surface area contributed by atoms with Crippen LogP contribution in [0, 0.1) is 12.7 Å². The summed E-state index contributed by atoms with van der Waals surface area (Å²) in [7, 11) is 0. The molecule has 4 N–H and O–H groups in total. The van der Waals surface area contributed by atoms with Gasteiger partial charge in [0.15, 0.2) is 5.60 Å². The van der Waals surface area contributed by atoms with Crippen LogP contribution >= 0.6 is 15.9 Å². The van der Waals surface area contributed by atoms with E-state index in [1.807, 2.05) is 0 Å². The summed E-state index contributed by atoms with van der Waals surface area (Å²) in [6.07, 6.45) is 0. The maximum atomic E-state index is 13.2. The van der Waals surface area contributed by atoms with Gasteiger partial charge in [0.1, 0.15) is 5.82 Å². The topological polar surface area (TPSA) is 98.7 Å². The molecule has 1 aromatic carbocycles. The van der Waals surface area contributed by atoms with Crippen molar-refractivity contribution in [2.75, 3.05) is 11.9 Å². The molecule has 20 heavy (non-hydrogen) atoms. The van der Waals surface area contributed by atoms with Gasteiger partial charge in [-0.05, 0) is 47.5 Å². The van der Waals surface area contributed by atoms with E-state index < -0.39 is 30.0 Å². The fourth-order valence-electron chi connectivity index (χ4n) is 1.28. The Kier molecular flexibility index (Phi) is 5.07. The number of hydrogen-bond donors (Lipinski definition) is 4. The van der Waals surface area contributed by atoms with Crippen LogP contribution in [0.1, 0.15) is 12.5 Å². The number of benzene rings is 1. The average Bonchev–Trinajstić information content (AvgIpc) is 2.33. The molecule has 0 aliphatic heterocycles. The van der Waals surface area contributed by atoms with Crippen LogP contribution < -0.4 is 10.6 Å². The van der Waals surface area contributed by atoms with Gasteiger partial charge in [-0.25, -0.2) is 14.0 Å². The molecule has 0 aromatic heterocycles. The van der Waals surface area contributed by atoms with Crippen LogP contribution in [-0.2, 0) is 4.79 Å². The summed E-state index contributed by atoms with van der Waals surface area (Å²) in [6.45, 7) is 2.21. The van der Waals surface area contributed by atoms with Crippen molar-refractivity contribution in [3.63, 3.8) is 0 Å². The Morgan fingerprint density at radius 2 is 2.05 bits per heavy atom. The first-order valence-corrected chi connectivity index (χ1v) is 6.39. The molecule has 0 radical (unpaired) electrons. The molecule has 0 aliphatic carbocycles. The zero-order valence-corrected chi connectivity index (χ0v) is 12.4. The molecule has 8 heteroatoms. The van der Waals surface area contributed by atoms with Crippen LogP contribution in [0.4, 0.5) is 14.9 Å². The van der Waals surface area contributed by atoms with Crippen molar-refractivity contribution >= 4 is 33.6 Å². The van der Waals surface area contributed by atoms with Crippen molar-refractivity contribution in [3.05, 3.63) is 28.0 Å². The average molecular weight is 349 g/mol. The minimum Gasteiger partial charge on any atom is -0.479 e. The molecule has 2 amide bonds. The van der Waals surface area contributed by atoms with Gasteiger partial charge in [-0.15, -0.1) is 0 Å². The molecule has 0 fully saturated rings. The number of anilines is 1. The van der Waals surface area contributed by atoms with E-state index in [1.165, 1.54) is 12.1 Å². The Labute approximate surface area is 123 Å². The summed E-state index contributed by atoms with van der Waals surface area (Å²) in [5.74, 6) is -1.90. The molecule has 1 aromatic rings. The fraction of sp³-hybridized carbons (Fsp3) is 0.333. The number of carbonyl (C=O) groups excluding carboxylic acids is 1. The van der Waals surface area contributed by atoms with Gasteiger partial charge in [0.05, 0.1) is 11.0 Å². The van der Waals surface area contributed by atoms with Gasteiger partial charge in [0.25, 0.3) is 0 Å². The second-order valence-corrected chi connectivity index (χ2v) is 5.32. The molecule has 0 saturated heterocycles. The lowest BCUT2D eigenvalue weighted by molar-refractivity contribution is -0.155. The number of amides is 2. The number of carboxylic acids is 1. The highest BCUT2D eigenvalue weighted by molar-refractivity contribution is 9.10. The Balaban J connectivity index is 2.68. The van der Waals surface area contributed by atoms with E-state index in [2.05, 4.69) is 26.6 Å². The van der Waals surface area contributed by atoms with Crippen molar-refractivity contribution in [2.24, 2.45) is 0 Å². The number of aryl methyl sites for hydroxylation is 1. The maximum Gasteiger partial charge on any atom is 0.337 e. The molecule has 0 saturated carbocycles. The smallest absolute Gasteiger partial charge is 0.337 e. The zero-order chi connectivity index (χ0) is 15.5. The molecule has 6 nitrogen and oxygen atoms in total. The number of urea groups is 1. The van der Waals surface area contributed by atoms with Crippen LogP contribution in [0.25, 0.3) is 0 Å². The Morgan fingerprint density at radius 1 is 1.45 bits per heavy atom. The third-order valence-corrected chi connectivity index (χ3v) is 3.18. The van der Waals surface area contributed by atoms with Crippen LogP contribution in [0.3, 0.4) is 0 Å². The van der Waals surface area contributed by atoms with Crippen molar-refractivity contribution in [1.29, 1.82) is 0 Å². The molecular formula is C12H14BrFN2O4. The second-order valence-electron chi connectivity index (χ2n) is 4.47. The van der Waals surface area contributed by atoms with Crippen molar-refractivity contribution in [2.45, 2.75) is 19.4 Å². The predicted octanol–water partition coefficient (Wildman–Crippen LogP) is 1.85. The molecule has 110 valence electrons. The van der Waals surface area contributed by atoms with Gasteiger partial charge in [-0.1, -0.05) is 0 Å². The summed E-state index contributed by atoms with van der Waals surface area (Å²) in [5, 5.41) is 22.8. The fourth-order valence-corrected chi connectivity index (χ4v) is 1.62. The van der Waals surface area contributed by atoms with E-state index in [-0.39, 0.29) is 4.47 Å². The largest absolute Gasteiger partial charge is 0.479 e. The summed E-state index contributed by atoms with van der Waals surface area (Å²) < 4.78 is 13.4. The number of aliphatic carboxylic acids is 1. The summed E-state index contributed by atoms with van der Waals surface area (Å²) >= 11 is 3.00. The highest BCUT2D eigenvalue weighted by atomic mass is 79.9. The van der Waals surface area contributed by atoms with Gasteiger partial charge < -0.3 is 20.8 Å². The van der Waals surface area contributed by atoms with Gasteiger partial charge >= 0.3 is 12.0 Å². The van der Waals surface area contributed by atoms with Crippen molar-refractivity contribution in [3.8, 4) is 0 Å². The number of rotatable bonds is 4. The predicted molar refractivity (Wildman–Crippen MR) is 74.1 cm³/mol. The first kappa shape index (κ1) is 16.4. The molecule has 1 unspecified atom stereocenters. The Bertz CT molecular complexity index is 549. The number of aliphatic hydroxyl groups is 1. The van der Waals surface area contributed by atoms with Gasteiger partial charge in [-0.3, -0.25) is 0 Å². The van der Waals surface area contributed by atoms with Crippen LogP contribution in [0.15, 0.2) is 16.6 Å². The molecule has 1 rings (SSSR count). The molecule has 0 heterocycles. The van der Waals surface area contributed by atoms with E-state index in [0.717, 1.165) is 6.92 Å². The first-order chi connectivity index (χ1) is 9.13. The van der Waals surface area contributed by atoms with E-state index in [4.69, 9.17) is 5.11 Å². The van der Waals surface area contributed by atoms with Gasteiger partial charge in [-0.2, -0.15) is 0 Å². The standard InChI is InChI=1S/C12H14BrFN2O4/c1-6-3-8(14)7(13)4-9(6)16-11(19)15-5-12(2,20)10(17)18/h3-4,20H,5H2,1-2H3,(H,17,18)(H2,15,16,19). The molecule has 1 atom stereocenters. The lowest BCUT2D eigenvalue weighted by atomic mass is 10.1. The second kappa shape index (κ2) is 6.19. The zero-order valence-electron chi connectivity index (χ0n) is 10.8. The molecular weight excluding hydrogens is 335 g/mol. The van der Waals surface area contributed by atoms with Crippen LogP contribution in [0.5, 0.6) is 0 Å². The summed E-state index contributed by atoms with van der Waals surface area (Å²) in [4.78, 5) is 22.3. The molecule has 0 bridgehead atoms. The lowest BCUT2D eigenvalue weighted by Gasteiger charge is -2.18. The SMILES string of the molecule is Cc1cc(F)c(Br)cc1NC(=O)NCC(C)(O)C(=O)O. The number of nitrogens with one attached hydrogen (secondary N) is 2. The molecule has 0 aliphatic rings. The lowest BCUT2D eigenvalue weighted by Crippen LogP contribution is -2.47. The van der Waals surface area contributed by atoms with Crippen molar-refractivity contribution < 1.29 is 24.2 Å². The van der Waals surface area contributed by atoms with Gasteiger partial charge in [0, 0.05) is 5.69 Å². The number of hydrogen-bond acceptors (Lipinski definition) is 3. The number of carbonyl (C=O) groups is 2. The normalized spacial score (nSPS) is 13.4. The molecule has 0 spiro atoms. The van der Waals surface area contributed by atoms with Gasteiger partial charge in [0.2, 0.25) is 0 Å². The minimum atomic E-state index is -2.06. The number of carboxylic acid groups (broad SMARTS) is 1. The van der Waals surface area contributed by atoms with E-state index in [9.17, 15) is 19.1 Å². The van der Waals surface area contributed by atoms with E-state index >= 15 is 0 Å². The highest BCUT2D eigenvalue weighted by Crippen LogP contribution is 2.24. The summed E-state index contributed by atoms with van der Waals surface area (Å²) in [6, 6.07) is 1.93. The Morgan fingerprint density at radius 3 is 2.60 bits per heavy atom. The number of halogens is 2. The monoisotopic (exact) mass is 348 g/mol. The van der Waals surface area contributed by atoms with E-state index in [0.29, 0.717) is 11.3 Å². The van der Waals surface area contributed by atoms with Crippen LogP contribution in [0.2, 0.25) is 0 Å². The maximum absolute atomic E-state index is 13.2. The third kappa shape index (κ3) is 4.17.